The second-order valence-corrected chi connectivity index (χ2v) is 4.25. The molecule has 5 nitrogen and oxygen atoms in total. The first-order chi connectivity index (χ1) is 8.15. The molecule has 1 aromatic heterocycles. The Hall–Kier alpha value is -1.59. The summed E-state index contributed by atoms with van der Waals surface area (Å²) >= 11 is 0. The smallest absolute Gasteiger partial charge is 0.408 e. The Balaban J connectivity index is 2.43. The molecule has 2 unspecified atom stereocenters. The standard InChI is InChI=1S/C12H17N3O2/c1-7(6-13)11(14-2)8-3-4-9-10(5-8)17-12(16)15-9/h3-5,7,11,14H,6,13H2,1-2H3,(H,15,16). The van der Waals surface area contributed by atoms with Crippen LogP contribution in [0.15, 0.2) is 27.4 Å². The minimum Gasteiger partial charge on any atom is -0.408 e. The summed E-state index contributed by atoms with van der Waals surface area (Å²) in [7, 11) is 1.90. The largest absolute Gasteiger partial charge is 0.417 e. The maximum atomic E-state index is 11.1. The number of aromatic nitrogens is 1. The molecule has 5 heteroatoms. The van der Waals surface area contributed by atoms with Crippen LogP contribution < -0.4 is 16.8 Å². The van der Waals surface area contributed by atoms with Gasteiger partial charge in [-0.1, -0.05) is 13.0 Å². The highest BCUT2D eigenvalue weighted by Gasteiger charge is 2.17. The summed E-state index contributed by atoms with van der Waals surface area (Å²) in [6, 6.07) is 5.86. The zero-order valence-corrected chi connectivity index (χ0v) is 9.99. The second kappa shape index (κ2) is 4.73. The molecule has 1 heterocycles. The van der Waals surface area contributed by atoms with Crippen molar-refractivity contribution >= 4 is 11.1 Å². The molecule has 2 rings (SSSR count). The average Bonchev–Trinajstić information content (AvgIpc) is 2.69. The van der Waals surface area contributed by atoms with Gasteiger partial charge in [0, 0.05) is 6.04 Å². The Bertz CT molecular complexity index is 558. The van der Waals surface area contributed by atoms with Crippen LogP contribution in [0.3, 0.4) is 0 Å². The fourth-order valence-corrected chi connectivity index (χ4v) is 2.07. The van der Waals surface area contributed by atoms with E-state index in [1.807, 2.05) is 25.2 Å². The van der Waals surface area contributed by atoms with E-state index in [0.717, 1.165) is 5.56 Å². The first-order valence-corrected chi connectivity index (χ1v) is 5.65. The Labute approximate surface area is 99.0 Å². The third kappa shape index (κ3) is 2.25. The number of hydrogen-bond acceptors (Lipinski definition) is 4. The van der Waals surface area contributed by atoms with Gasteiger partial charge in [0.05, 0.1) is 5.52 Å². The number of rotatable bonds is 4. The molecule has 0 spiro atoms. The van der Waals surface area contributed by atoms with Crippen molar-refractivity contribution in [1.82, 2.24) is 10.3 Å². The Morgan fingerprint density at radius 3 is 2.94 bits per heavy atom. The molecule has 2 aromatic rings. The van der Waals surface area contributed by atoms with E-state index in [-0.39, 0.29) is 6.04 Å². The molecule has 92 valence electrons. The van der Waals surface area contributed by atoms with Crippen LogP contribution >= 0.6 is 0 Å². The van der Waals surface area contributed by atoms with Crippen LogP contribution in [0.4, 0.5) is 0 Å². The van der Waals surface area contributed by atoms with Gasteiger partial charge < -0.3 is 15.5 Å². The zero-order chi connectivity index (χ0) is 12.4. The molecule has 0 saturated heterocycles. The lowest BCUT2D eigenvalue weighted by Gasteiger charge is -2.22. The van der Waals surface area contributed by atoms with Crippen molar-refractivity contribution in [3.63, 3.8) is 0 Å². The molecule has 0 amide bonds. The quantitative estimate of drug-likeness (QED) is 0.737. The van der Waals surface area contributed by atoms with Crippen LogP contribution in [0.1, 0.15) is 18.5 Å². The zero-order valence-electron chi connectivity index (χ0n) is 9.99. The van der Waals surface area contributed by atoms with Crippen LogP contribution in [0.25, 0.3) is 11.1 Å². The van der Waals surface area contributed by atoms with Crippen molar-refractivity contribution in [2.75, 3.05) is 13.6 Å². The first-order valence-electron chi connectivity index (χ1n) is 5.65. The SMILES string of the molecule is CNC(c1ccc2[nH]c(=O)oc2c1)C(C)CN. The van der Waals surface area contributed by atoms with Crippen molar-refractivity contribution in [3.05, 3.63) is 34.3 Å². The molecule has 0 aliphatic rings. The highest BCUT2D eigenvalue weighted by Crippen LogP contribution is 2.23. The Morgan fingerprint density at radius 1 is 1.53 bits per heavy atom. The van der Waals surface area contributed by atoms with Gasteiger partial charge in [-0.15, -0.1) is 0 Å². The van der Waals surface area contributed by atoms with E-state index >= 15 is 0 Å². The number of fused-ring (bicyclic) bond motifs is 1. The number of H-pyrrole nitrogens is 1. The summed E-state index contributed by atoms with van der Waals surface area (Å²) in [5.41, 5.74) is 8.05. The van der Waals surface area contributed by atoms with E-state index in [9.17, 15) is 4.79 Å². The molecular weight excluding hydrogens is 218 g/mol. The lowest BCUT2D eigenvalue weighted by atomic mass is 9.94. The molecule has 0 aliphatic heterocycles. The topological polar surface area (TPSA) is 84.0 Å². The first kappa shape index (κ1) is 11.9. The van der Waals surface area contributed by atoms with Crippen molar-refractivity contribution < 1.29 is 4.42 Å². The molecule has 0 radical (unpaired) electrons. The van der Waals surface area contributed by atoms with E-state index in [0.29, 0.717) is 23.6 Å². The highest BCUT2D eigenvalue weighted by molar-refractivity contribution is 5.72. The van der Waals surface area contributed by atoms with E-state index in [4.69, 9.17) is 10.2 Å². The van der Waals surface area contributed by atoms with E-state index in [1.54, 1.807) is 0 Å². The van der Waals surface area contributed by atoms with Crippen LogP contribution in [0, 0.1) is 5.92 Å². The summed E-state index contributed by atoms with van der Waals surface area (Å²) in [5, 5.41) is 3.23. The van der Waals surface area contributed by atoms with Crippen molar-refractivity contribution in [3.8, 4) is 0 Å². The lowest BCUT2D eigenvalue weighted by molar-refractivity contribution is 0.419. The van der Waals surface area contributed by atoms with Crippen molar-refractivity contribution in [2.45, 2.75) is 13.0 Å². The van der Waals surface area contributed by atoms with E-state index in [2.05, 4.69) is 17.2 Å². The van der Waals surface area contributed by atoms with Gasteiger partial charge in [-0.05, 0) is 37.2 Å². The minimum absolute atomic E-state index is 0.157. The molecule has 4 N–H and O–H groups in total. The van der Waals surface area contributed by atoms with Crippen molar-refractivity contribution in [1.29, 1.82) is 0 Å². The van der Waals surface area contributed by atoms with Gasteiger partial charge in [0.25, 0.3) is 0 Å². The summed E-state index contributed by atoms with van der Waals surface area (Å²) in [4.78, 5) is 13.7. The van der Waals surface area contributed by atoms with Gasteiger partial charge in [0.2, 0.25) is 0 Å². The third-order valence-electron chi connectivity index (χ3n) is 3.06. The Kier molecular flexibility index (Phi) is 3.31. The molecule has 0 fully saturated rings. The van der Waals surface area contributed by atoms with Gasteiger partial charge >= 0.3 is 5.76 Å². The van der Waals surface area contributed by atoms with Crippen LogP contribution in [-0.2, 0) is 0 Å². The summed E-state index contributed by atoms with van der Waals surface area (Å²) < 4.78 is 5.05. The summed E-state index contributed by atoms with van der Waals surface area (Å²) in [6.45, 7) is 2.68. The van der Waals surface area contributed by atoms with Gasteiger partial charge in [0.15, 0.2) is 5.58 Å². The number of oxazole rings is 1. The fourth-order valence-electron chi connectivity index (χ4n) is 2.07. The van der Waals surface area contributed by atoms with Crippen LogP contribution in [0.2, 0.25) is 0 Å². The Morgan fingerprint density at radius 2 is 2.29 bits per heavy atom. The van der Waals surface area contributed by atoms with Gasteiger partial charge in [-0.2, -0.15) is 0 Å². The number of hydrogen-bond donors (Lipinski definition) is 3. The van der Waals surface area contributed by atoms with Crippen LogP contribution in [-0.4, -0.2) is 18.6 Å². The predicted molar refractivity (Wildman–Crippen MR) is 66.9 cm³/mol. The highest BCUT2D eigenvalue weighted by atomic mass is 16.4. The molecule has 0 saturated carbocycles. The van der Waals surface area contributed by atoms with Crippen molar-refractivity contribution in [2.24, 2.45) is 11.7 Å². The monoisotopic (exact) mass is 235 g/mol. The maximum Gasteiger partial charge on any atom is 0.417 e. The third-order valence-corrected chi connectivity index (χ3v) is 3.06. The second-order valence-electron chi connectivity index (χ2n) is 4.25. The molecule has 17 heavy (non-hydrogen) atoms. The normalized spacial score (nSPS) is 15.0. The van der Waals surface area contributed by atoms with E-state index < -0.39 is 5.76 Å². The number of aromatic amines is 1. The molecule has 0 bridgehead atoms. The minimum atomic E-state index is -0.426. The number of nitrogens with two attached hydrogens (primary N) is 1. The molecular formula is C12H17N3O2. The molecule has 0 aliphatic carbocycles. The molecule has 2 atom stereocenters. The lowest BCUT2D eigenvalue weighted by Crippen LogP contribution is -2.28. The molecule has 1 aromatic carbocycles. The summed E-state index contributed by atoms with van der Waals surface area (Å²) in [5.74, 6) is -0.117. The average molecular weight is 235 g/mol. The maximum absolute atomic E-state index is 11.1. The fraction of sp³-hybridized carbons (Fsp3) is 0.417. The van der Waals surface area contributed by atoms with Gasteiger partial charge in [0.1, 0.15) is 0 Å². The number of benzene rings is 1. The van der Waals surface area contributed by atoms with Crippen LogP contribution in [0.5, 0.6) is 0 Å². The van der Waals surface area contributed by atoms with E-state index in [1.165, 1.54) is 0 Å². The predicted octanol–water partition coefficient (Wildman–Crippen LogP) is 0.976. The summed E-state index contributed by atoms with van der Waals surface area (Å²) in [6.07, 6.45) is 0. The number of nitrogens with one attached hydrogen (secondary N) is 2. The van der Waals surface area contributed by atoms with Gasteiger partial charge in [-0.25, -0.2) is 4.79 Å². The van der Waals surface area contributed by atoms with Gasteiger partial charge in [-0.3, -0.25) is 4.98 Å².